The highest BCUT2D eigenvalue weighted by Crippen LogP contribution is 2.64. The summed E-state index contributed by atoms with van der Waals surface area (Å²) in [6.07, 6.45) is 5.82. The molecule has 4 heteroatoms. The van der Waals surface area contributed by atoms with Gasteiger partial charge in [-0.25, -0.2) is 0 Å². The zero-order chi connectivity index (χ0) is 13.6. The number of nitrogens with one attached hydrogen (secondary N) is 2. The Morgan fingerprint density at radius 3 is 3.05 bits per heavy atom. The van der Waals surface area contributed by atoms with Crippen LogP contribution in [0, 0.1) is 5.92 Å². The van der Waals surface area contributed by atoms with E-state index in [0.717, 1.165) is 18.7 Å². The first-order chi connectivity index (χ1) is 10.4. The Morgan fingerprint density at radius 1 is 1.14 bits per heavy atom. The molecule has 2 aliphatic heterocycles. The monoisotopic (exact) mass is 314 g/mol. The Kier molecular flexibility index (Phi) is 2.42. The van der Waals surface area contributed by atoms with Crippen molar-refractivity contribution in [1.29, 1.82) is 0 Å². The molecule has 1 fully saturated rings. The third-order valence-electron chi connectivity index (χ3n) is 6.39. The Morgan fingerprint density at radius 2 is 2.09 bits per heavy atom. The molecule has 22 heavy (non-hydrogen) atoms. The molecule has 2 bridgehead atoms. The van der Waals surface area contributed by atoms with E-state index in [1.54, 1.807) is 0 Å². The molecule has 2 N–H and O–H groups in total. The summed E-state index contributed by atoms with van der Waals surface area (Å²) in [7, 11) is 0. The van der Waals surface area contributed by atoms with E-state index in [1.165, 1.54) is 35.2 Å². The van der Waals surface area contributed by atoms with E-state index < -0.39 is 0 Å². The predicted molar refractivity (Wildman–Crippen MR) is 86.8 cm³/mol. The topological polar surface area (TPSA) is 37.0 Å². The molecule has 0 amide bonds. The van der Waals surface area contributed by atoms with Gasteiger partial charge in [0.1, 0.15) is 11.9 Å². The van der Waals surface area contributed by atoms with E-state index >= 15 is 0 Å². The zero-order valence-electron chi connectivity index (χ0n) is 12.3. The highest BCUT2D eigenvalue weighted by Gasteiger charge is 2.63. The minimum absolute atomic E-state index is 0. The number of halogens is 1. The highest BCUT2D eigenvalue weighted by molar-refractivity contribution is 5.85. The third-order valence-corrected chi connectivity index (χ3v) is 6.39. The molecule has 114 valence electrons. The number of rotatable bonds is 0. The van der Waals surface area contributed by atoms with Crippen LogP contribution in [0.5, 0.6) is 5.75 Å². The van der Waals surface area contributed by atoms with E-state index in [-0.39, 0.29) is 23.9 Å². The minimum Gasteiger partial charge on any atom is -0.483 e. The molecule has 4 aliphatic rings. The molecule has 0 saturated carbocycles. The summed E-state index contributed by atoms with van der Waals surface area (Å²) in [5, 5.41) is 3.79. The summed E-state index contributed by atoms with van der Waals surface area (Å²) in [5.41, 5.74) is 6.05. The van der Waals surface area contributed by atoms with Gasteiger partial charge in [0.15, 0.2) is 0 Å². The predicted octanol–water partition coefficient (Wildman–Crippen LogP) is 2.90. The van der Waals surface area contributed by atoms with Gasteiger partial charge in [0.2, 0.25) is 0 Å². The molecule has 3 heterocycles. The number of piperidine rings is 1. The molecule has 2 aromatic rings. The van der Waals surface area contributed by atoms with Gasteiger partial charge in [0.05, 0.1) is 5.69 Å². The van der Waals surface area contributed by atoms with Gasteiger partial charge in [-0.1, -0.05) is 12.1 Å². The Bertz CT molecular complexity index is 770. The molecular formula is C18H19ClN2O. The molecule has 4 atom stereocenters. The van der Waals surface area contributed by atoms with Crippen molar-refractivity contribution in [2.45, 2.75) is 36.8 Å². The number of H-pyrrole nitrogens is 1. The van der Waals surface area contributed by atoms with Crippen molar-refractivity contribution in [1.82, 2.24) is 10.3 Å². The summed E-state index contributed by atoms with van der Waals surface area (Å²) in [6, 6.07) is 9.50. The smallest absolute Gasteiger partial charge is 0.149 e. The number of aromatic amines is 1. The van der Waals surface area contributed by atoms with Crippen molar-refractivity contribution < 1.29 is 4.74 Å². The number of fused-ring (bicyclic) bond motifs is 2. The molecule has 0 radical (unpaired) electrons. The first-order valence-electron chi connectivity index (χ1n) is 8.06. The SMILES string of the molecule is Cl.c1cc2c3c(c1)OC1c4[nH]ccc4CC4C(C2)NCCC314. The van der Waals surface area contributed by atoms with E-state index in [4.69, 9.17) is 4.74 Å². The quantitative estimate of drug-likeness (QED) is 0.784. The van der Waals surface area contributed by atoms with Crippen LogP contribution in [-0.4, -0.2) is 17.6 Å². The average Bonchev–Trinajstić information content (AvgIpc) is 3.06. The van der Waals surface area contributed by atoms with E-state index in [1.807, 2.05) is 0 Å². The lowest BCUT2D eigenvalue weighted by Gasteiger charge is -2.54. The van der Waals surface area contributed by atoms with E-state index in [2.05, 4.69) is 40.8 Å². The Labute approximate surface area is 135 Å². The summed E-state index contributed by atoms with van der Waals surface area (Å²) < 4.78 is 6.50. The van der Waals surface area contributed by atoms with Gasteiger partial charge < -0.3 is 15.0 Å². The van der Waals surface area contributed by atoms with Gasteiger partial charge >= 0.3 is 0 Å². The van der Waals surface area contributed by atoms with Crippen molar-refractivity contribution in [3.05, 3.63) is 52.8 Å². The maximum absolute atomic E-state index is 6.50. The summed E-state index contributed by atoms with van der Waals surface area (Å²) >= 11 is 0. The second kappa shape index (κ2) is 4.09. The van der Waals surface area contributed by atoms with Gasteiger partial charge in [0.25, 0.3) is 0 Å². The van der Waals surface area contributed by atoms with Crippen molar-refractivity contribution in [2.75, 3.05) is 6.54 Å². The largest absolute Gasteiger partial charge is 0.483 e. The van der Waals surface area contributed by atoms with Crippen molar-refractivity contribution in [2.24, 2.45) is 5.92 Å². The lowest BCUT2D eigenvalue weighted by atomic mass is 9.52. The third kappa shape index (κ3) is 1.25. The van der Waals surface area contributed by atoms with E-state index in [9.17, 15) is 0 Å². The lowest BCUT2D eigenvalue weighted by Crippen LogP contribution is -2.61. The number of aromatic nitrogens is 1. The number of benzene rings is 1. The molecule has 3 nitrogen and oxygen atoms in total. The Balaban J connectivity index is 0.00000113. The fraction of sp³-hybridized carbons (Fsp3) is 0.444. The molecule has 6 rings (SSSR count). The van der Waals surface area contributed by atoms with Gasteiger partial charge in [-0.15, -0.1) is 12.4 Å². The first kappa shape index (κ1) is 13.0. The van der Waals surface area contributed by atoms with Crippen molar-refractivity contribution in [3.8, 4) is 5.75 Å². The number of hydrogen-bond acceptors (Lipinski definition) is 2. The molecule has 1 aromatic heterocycles. The fourth-order valence-electron chi connectivity index (χ4n) is 5.69. The number of hydrogen-bond donors (Lipinski definition) is 2. The second-order valence-corrected chi connectivity index (χ2v) is 7.07. The molecule has 4 unspecified atom stereocenters. The van der Waals surface area contributed by atoms with E-state index in [0.29, 0.717) is 12.0 Å². The molecule has 1 aromatic carbocycles. The standard InChI is InChI=1S/C18H18N2O.ClH/c1-2-10-9-13-12-8-11-4-6-20-16(11)17-18(12,5-7-19-13)15(10)14(3-1)21-17;/h1-4,6,12-13,17,19-20H,5,7-9H2;1H. The van der Waals surface area contributed by atoms with Crippen molar-refractivity contribution in [3.63, 3.8) is 0 Å². The molecule has 1 spiro atoms. The van der Waals surface area contributed by atoms with Gasteiger partial charge in [-0.3, -0.25) is 0 Å². The van der Waals surface area contributed by atoms with Crippen LogP contribution in [0.4, 0.5) is 0 Å². The van der Waals surface area contributed by atoms with Crippen molar-refractivity contribution >= 4 is 12.4 Å². The van der Waals surface area contributed by atoms with Gasteiger partial charge in [-0.05, 0) is 55.0 Å². The summed E-state index contributed by atoms with van der Waals surface area (Å²) in [6.45, 7) is 1.12. The normalized spacial score (nSPS) is 35.9. The highest BCUT2D eigenvalue weighted by atomic mass is 35.5. The second-order valence-electron chi connectivity index (χ2n) is 7.07. The van der Waals surface area contributed by atoms with Crippen LogP contribution < -0.4 is 10.1 Å². The maximum Gasteiger partial charge on any atom is 0.149 e. The van der Waals surface area contributed by atoms with Crippen LogP contribution in [0.2, 0.25) is 0 Å². The minimum atomic E-state index is 0. The van der Waals surface area contributed by atoms with Crippen LogP contribution in [0.1, 0.15) is 34.9 Å². The van der Waals surface area contributed by atoms with Crippen LogP contribution in [0.25, 0.3) is 0 Å². The van der Waals surface area contributed by atoms with Crippen LogP contribution in [0.3, 0.4) is 0 Å². The molecule has 2 aliphatic carbocycles. The Hall–Kier alpha value is -1.45. The summed E-state index contributed by atoms with van der Waals surface area (Å²) in [5.74, 6) is 1.82. The first-order valence-corrected chi connectivity index (χ1v) is 8.06. The van der Waals surface area contributed by atoms with Gasteiger partial charge in [-0.2, -0.15) is 0 Å². The maximum atomic E-state index is 6.50. The molecule has 1 saturated heterocycles. The van der Waals surface area contributed by atoms with Crippen LogP contribution >= 0.6 is 12.4 Å². The van der Waals surface area contributed by atoms with Gasteiger partial charge in [0, 0.05) is 23.2 Å². The lowest BCUT2D eigenvalue weighted by molar-refractivity contribution is 0.0263. The molecular weight excluding hydrogens is 296 g/mol. The van der Waals surface area contributed by atoms with Crippen LogP contribution in [0.15, 0.2) is 30.5 Å². The summed E-state index contributed by atoms with van der Waals surface area (Å²) in [4.78, 5) is 3.48. The zero-order valence-corrected chi connectivity index (χ0v) is 13.1. The number of ether oxygens (including phenoxy) is 1. The fourth-order valence-corrected chi connectivity index (χ4v) is 5.69. The average molecular weight is 315 g/mol. The van der Waals surface area contributed by atoms with Crippen LogP contribution in [-0.2, 0) is 18.3 Å².